The Morgan fingerprint density at radius 2 is 2.33 bits per heavy atom. The van der Waals surface area contributed by atoms with Gasteiger partial charge in [0.15, 0.2) is 0 Å². The number of aromatic nitrogens is 2. The molecule has 0 spiro atoms. The number of imidazole rings is 1. The molecule has 94 valence electrons. The summed E-state index contributed by atoms with van der Waals surface area (Å²) < 4.78 is 20.5. The van der Waals surface area contributed by atoms with Gasteiger partial charge < -0.3 is 14.4 Å². The summed E-state index contributed by atoms with van der Waals surface area (Å²) in [5.41, 5.74) is -0.364. The van der Waals surface area contributed by atoms with Crippen LogP contribution in [0.2, 0.25) is 0 Å². The molecule has 1 N–H and O–H groups in total. The average molecular weight is 250 g/mol. The third-order valence-electron chi connectivity index (χ3n) is 2.35. The topological polar surface area (TPSA) is 64.3 Å². The zero-order valence-electron chi connectivity index (χ0n) is 9.41. The summed E-state index contributed by atoms with van der Waals surface area (Å²) in [5.74, 6) is -1.79. The van der Waals surface area contributed by atoms with E-state index in [1.54, 1.807) is 18.7 Å². The van der Waals surface area contributed by atoms with Gasteiger partial charge in [-0.15, -0.1) is 0 Å². The molecule has 0 saturated heterocycles. The second-order valence-electron chi connectivity index (χ2n) is 3.60. The molecule has 0 unspecified atom stereocenters. The molecule has 1 aromatic heterocycles. The van der Waals surface area contributed by atoms with Crippen LogP contribution in [0.4, 0.5) is 4.39 Å². The number of benzene rings is 1. The number of nitrogens with zero attached hydrogens (tertiary/aromatic N) is 2. The molecule has 2 rings (SSSR count). The maximum Gasteiger partial charge on any atom is 0.338 e. The van der Waals surface area contributed by atoms with Gasteiger partial charge in [0.25, 0.3) is 0 Å². The molecule has 0 aliphatic carbocycles. The zero-order chi connectivity index (χ0) is 13.0. The molecule has 0 atom stereocenters. The summed E-state index contributed by atoms with van der Waals surface area (Å²) in [7, 11) is 0. The molecule has 6 heteroatoms. The molecule has 0 fully saturated rings. The lowest BCUT2D eigenvalue weighted by Crippen LogP contribution is -2.07. The van der Waals surface area contributed by atoms with E-state index in [0.29, 0.717) is 18.9 Å². The predicted octanol–water partition coefficient (Wildman–Crippen LogP) is 1.80. The average Bonchev–Trinajstić information content (AvgIpc) is 2.81. The minimum Gasteiger partial charge on any atom is -0.492 e. The van der Waals surface area contributed by atoms with E-state index in [-0.39, 0.29) is 5.56 Å². The quantitative estimate of drug-likeness (QED) is 0.878. The van der Waals surface area contributed by atoms with Crippen LogP contribution in [0.25, 0.3) is 0 Å². The maximum absolute atomic E-state index is 13.3. The van der Waals surface area contributed by atoms with Gasteiger partial charge in [0.1, 0.15) is 18.2 Å². The molecule has 0 amide bonds. The van der Waals surface area contributed by atoms with Crippen molar-refractivity contribution in [1.82, 2.24) is 9.55 Å². The first-order chi connectivity index (χ1) is 8.66. The molecular weight excluding hydrogens is 239 g/mol. The minimum absolute atomic E-state index is 0.303. The Morgan fingerprint density at radius 1 is 1.50 bits per heavy atom. The Labute approximate surface area is 102 Å². The van der Waals surface area contributed by atoms with Crippen LogP contribution in [0, 0.1) is 5.82 Å². The van der Waals surface area contributed by atoms with E-state index in [1.165, 1.54) is 12.1 Å². The highest BCUT2D eigenvalue weighted by Crippen LogP contribution is 2.16. The Kier molecular flexibility index (Phi) is 3.57. The van der Waals surface area contributed by atoms with Crippen LogP contribution in [0.1, 0.15) is 10.4 Å². The standard InChI is InChI=1S/C12H11FN2O3/c13-11-7-9(1-2-10(11)12(16)17)18-6-5-15-4-3-14-8-15/h1-4,7-8H,5-6H2,(H,16,17). The summed E-state index contributed by atoms with van der Waals surface area (Å²) in [6.07, 6.45) is 5.09. The van der Waals surface area contributed by atoms with Crippen LogP contribution in [-0.4, -0.2) is 27.2 Å². The highest BCUT2D eigenvalue weighted by molar-refractivity contribution is 5.88. The first-order valence-electron chi connectivity index (χ1n) is 5.28. The summed E-state index contributed by atoms with van der Waals surface area (Å²) in [6, 6.07) is 3.68. The van der Waals surface area contributed by atoms with Gasteiger partial charge in [-0.1, -0.05) is 0 Å². The Balaban J connectivity index is 1.94. The first-order valence-corrected chi connectivity index (χ1v) is 5.28. The second kappa shape index (κ2) is 5.31. The van der Waals surface area contributed by atoms with E-state index < -0.39 is 11.8 Å². The molecule has 0 aliphatic rings. The third kappa shape index (κ3) is 2.85. The van der Waals surface area contributed by atoms with Crippen molar-refractivity contribution in [3.05, 3.63) is 48.3 Å². The Morgan fingerprint density at radius 3 is 2.94 bits per heavy atom. The highest BCUT2D eigenvalue weighted by Gasteiger charge is 2.10. The number of rotatable bonds is 5. The fourth-order valence-electron chi connectivity index (χ4n) is 1.45. The van der Waals surface area contributed by atoms with Crippen LogP contribution in [-0.2, 0) is 6.54 Å². The Bertz CT molecular complexity index is 540. The van der Waals surface area contributed by atoms with Gasteiger partial charge >= 0.3 is 5.97 Å². The van der Waals surface area contributed by atoms with Crippen LogP contribution < -0.4 is 4.74 Å². The number of carboxylic acid groups (broad SMARTS) is 1. The van der Waals surface area contributed by atoms with Crippen molar-refractivity contribution < 1.29 is 19.0 Å². The van der Waals surface area contributed by atoms with Crippen LogP contribution in [0.5, 0.6) is 5.75 Å². The normalized spacial score (nSPS) is 10.3. The van der Waals surface area contributed by atoms with E-state index in [1.807, 2.05) is 4.57 Å². The molecule has 2 aromatic rings. The summed E-state index contributed by atoms with van der Waals surface area (Å²) >= 11 is 0. The number of carboxylic acids is 1. The summed E-state index contributed by atoms with van der Waals surface area (Å²) in [6.45, 7) is 0.935. The molecule has 1 aromatic carbocycles. The molecule has 0 aliphatic heterocycles. The van der Waals surface area contributed by atoms with Gasteiger partial charge in [0, 0.05) is 18.5 Å². The summed E-state index contributed by atoms with van der Waals surface area (Å²) in [4.78, 5) is 14.5. The number of ether oxygens (including phenoxy) is 1. The number of hydrogen-bond acceptors (Lipinski definition) is 3. The van der Waals surface area contributed by atoms with Crippen molar-refractivity contribution >= 4 is 5.97 Å². The van der Waals surface area contributed by atoms with Gasteiger partial charge in [-0.25, -0.2) is 14.2 Å². The van der Waals surface area contributed by atoms with Crippen LogP contribution in [0.3, 0.4) is 0 Å². The van der Waals surface area contributed by atoms with Gasteiger partial charge in [-0.2, -0.15) is 0 Å². The molecule has 0 saturated carbocycles. The fraction of sp³-hybridized carbons (Fsp3) is 0.167. The molecule has 5 nitrogen and oxygen atoms in total. The number of hydrogen-bond donors (Lipinski definition) is 1. The smallest absolute Gasteiger partial charge is 0.338 e. The second-order valence-corrected chi connectivity index (χ2v) is 3.60. The van der Waals surface area contributed by atoms with Gasteiger partial charge in [-0.05, 0) is 12.1 Å². The zero-order valence-corrected chi connectivity index (χ0v) is 9.41. The van der Waals surface area contributed by atoms with E-state index in [4.69, 9.17) is 9.84 Å². The van der Waals surface area contributed by atoms with E-state index in [9.17, 15) is 9.18 Å². The SMILES string of the molecule is O=C(O)c1ccc(OCCn2ccnc2)cc1F. The van der Waals surface area contributed by atoms with E-state index >= 15 is 0 Å². The maximum atomic E-state index is 13.3. The lowest BCUT2D eigenvalue weighted by molar-refractivity contribution is 0.0692. The van der Waals surface area contributed by atoms with Gasteiger partial charge in [-0.3, -0.25) is 0 Å². The van der Waals surface area contributed by atoms with Crippen molar-refractivity contribution in [2.24, 2.45) is 0 Å². The van der Waals surface area contributed by atoms with E-state index in [0.717, 1.165) is 6.07 Å². The van der Waals surface area contributed by atoms with Crippen molar-refractivity contribution in [3.8, 4) is 5.75 Å². The molecule has 0 radical (unpaired) electrons. The van der Waals surface area contributed by atoms with Crippen molar-refractivity contribution in [2.45, 2.75) is 6.54 Å². The lowest BCUT2D eigenvalue weighted by atomic mass is 10.2. The van der Waals surface area contributed by atoms with E-state index in [2.05, 4.69) is 4.98 Å². The number of carbonyl (C=O) groups is 1. The van der Waals surface area contributed by atoms with Gasteiger partial charge in [0.2, 0.25) is 0 Å². The van der Waals surface area contributed by atoms with Gasteiger partial charge in [0.05, 0.1) is 18.4 Å². The minimum atomic E-state index is -1.29. The van der Waals surface area contributed by atoms with Crippen LogP contribution >= 0.6 is 0 Å². The largest absolute Gasteiger partial charge is 0.492 e. The monoisotopic (exact) mass is 250 g/mol. The number of aromatic carboxylic acids is 1. The first kappa shape index (κ1) is 12.1. The lowest BCUT2D eigenvalue weighted by Gasteiger charge is -2.07. The molecular formula is C12H11FN2O3. The van der Waals surface area contributed by atoms with Crippen LogP contribution in [0.15, 0.2) is 36.9 Å². The molecule has 0 bridgehead atoms. The molecule has 18 heavy (non-hydrogen) atoms. The molecule has 1 heterocycles. The third-order valence-corrected chi connectivity index (χ3v) is 2.35. The fourth-order valence-corrected chi connectivity index (χ4v) is 1.45. The number of halogens is 1. The summed E-state index contributed by atoms with van der Waals surface area (Å²) in [5, 5.41) is 8.67. The highest BCUT2D eigenvalue weighted by atomic mass is 19.1. The predicted molar refractivity (Wildman–Crippen MR) is 61.1 cm³/mol. The van der Waals surface area contributed by atoms with Crippen molar-refractivity contribution in [3.63, 3.8) is 0 Å². The van der Waals surface area contributed by atoms with Crippen molar-refractivity contribution in [2.75, 3.05) is 6.61 Å². The van der Waals surface area contributed by atoms with Crippen molar-refractivity contribution in [1.29, 1.82) is 0 Å². The Hall–Kier alpha value is -2.37.